The van der Waals surface area contributed by atoms with Gasteiger partial charge in [0.1, 0.15) is 5.75 Å². The van der Waals surface area contributed by atoms with Gasteiger partial charge in [0, 0.05) is 39.3 Å². The first-order valence-electron chi connectivity index (χ1n) is 8.35. The zero-order chi connectivity index (χ0) is 18.8. The van der Waals surface area contributed by atoms with Crippen LogP contribution in [0.3, 0.4) is 0 Å². The van der Waals surface area contributed by atoms with Gasteiger partial charge in [-0.1, -0.05) is 24.3 Å². The molecule has 2 aromatic carbocycles. The molecule has 0 aliphatic carbocycles. The summed E-state index contributed by atoms with van der Waals surface area (Å²) >= 11 is 0. The van der Waals surface area contributed by atoms with Crippen LogP contribution in [0.5, 0.6) is 5.75 Å². The van der Waals surface area contributed by atoms with Crippen LogP contribution in [0.15, 0.2) is 71.6 Å². The lowest BCUT2D eigenvalue weighted by molar-refractivity contribution is 0.415. The van der Waals surface area contributed by atoms with Crippen LogP contribution < -0.4 is 10.1 Å². The summed E-state index contributed by atoms with van der Waals surface area (Å²) < 4.78 is 18.8. The van der Waals surface area contributed by atoms with E-state index in [-0.39, 0.29) is 0 Å². The number of pyridine rings is 1. The summed E-state index contributed by atoms with van der Waals surface area (Å²) in [6, 6.07) is 21.0. The average Bonchev–Trinajstić information content (AvgIpc) is 3.10. The van der Waals surface area contributed by atoms with Crippen molar-refractivity contribution in [1.29, 1.82) is 0 Å². The molecule has 0 bridgehead atoms. The molecule has 2 aromatic heterocycles. The lowest BCUT2D eigenvalue weighted by Gasteiger charge is -2.06. The Hall–Kier alpha value is -3.19. The van der Waals surface area contributed by atoms with Gasteiger partial charge in [-0.15, -0.1) is 5.10 Å². The van der Waals surface area contributed by atoms with Crippen molar-refractivity contribution in [2.75, 3.05) is 18.7 Å². The SMILES string of the molecule is COc1cccc(Nc2nc3cccc(-c4cccc(S(C)=O)c4)n3n2)c1. The lowest BCUT2D eigenvalue weighted by atomic mass is 10.1. The molecule has 0 fully saturated rings. The molecule has 2 heterocycles. The molecule has 0 aliphatic heterocycles. The minimum atomic E-state index is -1.04. The number of hydrogen-bond donors (Lipinski definition) is 1. The maximum absolute atomic E-state index is 11.8. The smallest absolute Gasteiger partial charge is 0.247 e. The molecule has 1 unspecified atom stereocenters. The second-order valence-electron chi connectivity index (χ2n) is 5.96. The molecule has 0 amide bonds. The zero-order valence-electron chi connectivity index (χ0n) is 14.9. The Morgan fingerprint density at radius 3 is 2.67 bits per heavy atom. The van der Waals surface area contributed by atoms with Crippen LogP contribution in [0, 0.1) is 0 Å². The van der Waals surface area contributed by atoms with Gasteiger partial charge in [0.2, 0.25) is 5.95 Å². The molecule has 7 heteroatoms. The van der Waals surface area contributed by atoms with Crippen molar-refractivity contribution in [3.05, 3.63) is 66.7 Å². The predicted molar refractivity (Wildman–Crippen MR) is 107 cm³/mol. The fourth-order valence-electron chi connectivity index (χ4n) is 2.84. The van der Waals surface area contributed by atoms with E-state index >= 15 is 0 Å². The van der Waals surface area contributed by atoms with Crippen LogP contribution in [0.25, 0.3) is 16.9 Å². The van der Waals surface area contributed by atoms with Gasteiger partial charge in [-0.3, -0.25) is 4.21 Å². The maximum atomic E-state index is 11.8. The third-order valence-corrected chi connectivity index (χ3v) is 5.07. The highest BCUT2D eigenvalue weighted by atomic mass is 32.2. The van der Waals surface area contributed by atoms with Crippen molar-refractivity contribution in [3.8, 4) is 17.0 Å². The van der Waals surface area contributed by atoms with Crippen molar-refractivity contribution in [3.63, 3.8) is 0 Å². The molecule has 0 spiro atoms. The highest BCUT2D eigenvalue weighted by Gasteiger charge is 2.10. The van der Waals surface area contributed by atoms with Crippen molar-refractivity contribution >= 4 is 28.1 Å². The van der Waals surface area contributed by atoms with E-state index in [4.69, 9.17) is 4.74 Å². The normalized spacial score (nSPS) is 12.1. The van der Waals surface area contributed by atoms with Crippen LogP contribution in [-0.4, -0.2) is 32.2 Å². The average molecular weight is 378 g/mol. The number of anilines is 2. The Labute approximate surface area is 159 Å². The Bertz CT molecular complexity index is 1140. The minimum absolute atomic E-state index is 0.492. The highest BCUT2D eigenvalue weighted by molar-refractivity contribution is 7.84. The molecule has 6 nitrogen and oxygen atoms in total. The van der Waals surface area contributed by atoms with E-state index in [2.05, 4.69) is 15.4 Å². The molecule has 1 N–H and O–H groups in total. The number of nitrogens with zero attached hydrogens (tertiary/aromatic N) is 3. The van der Waals surface area contributed by atoms with Crippen molar-refractivity contribution in [1.82, 2.24) is 14.6 Å². The second-order valence-corrected chi connectivity index (χ2v) is 7.34. The number of benzene rings is 2. The number of aromatic nitrogens is 3. The second kappa shape index (κ2) is 7.20. The van der Waals surface area contributed by atoms with Gasteiger partial charge in [-0.2, -0.15) is 4.98 Å². The summed E-state index contributed by atoms with van der Waals surface area (Å²) in [5, 5.41) is 7.80. The van der Waals surface area contributed by atoms with Gasteiger partial charge in [0.15, 0.2) is 5.65 Å². The van der Waals surface area contributed by atoms with Gasteiger partial charge in [-0.25, -0.2) is 4.52 Å². The predicted octanol–water partition coefficient (Wildman–Crippen LogP) is 3.89. The summed E-state index contributed by atoms with van der Waals surface area (Å²) in [4.78, 5) is 5.32. The summed E-state index contributed by atoms with van der Waals surface area (Å²) in [6.07, 6.45) is 1.67. The first-order valence-corrected chi connectivity index (χ1v) is 9.90. The van der Waals surface area contributed by atoms with Gasteiger partial charge in [0.05, 0.1) is 12.8 Å². The van der Waals surface area contributed by atoms with Crippen LogP contribution in [0.4, 0.5) is 11.6 Å². The van der Waals surface area contributed by atoms with Gasteiger partial charge < -0.3 is 10.1 Å². The first-order chi connectivity index (χ1) is 13.1. The van der Waals surface area contributed by atoms with Crippen molar-refractivity contribution < 1.29 is 8.95 Å². The zero-order valence-corrected chi connectivity index (χ0v) is 15.7. The van der Waals surface area contributed by atoms with Crippen molar-refractivity contribution in [2.24, 2.45) is 0 Å². The van der Waals surface area contributed by atoms with E-state index in [0.717, 1.165) is 33.2 Å². The molecular formula is C20H18N4O2S. The number of ether oxygens (including phenoxy) is 1. The molecular weight excluding hydrogens is 360 g/mol. The number of nitrogens with one attached hydrogen (secondary N) is 1. The summed E-state index contributed by atoms with van der Waals surface area (Å²) in [6.45, 7) is 0. The first kappa shape index (κ1) is 17.2. The quantitative estimate of drug-likeness (QED) is 0.571. The number of fused-ring (bicyclic) bond motifs is 1. The number of methoxy groups -OCH3 is 1. The Morgan fingerprint density at radius 1 is 1.04 bits per heavy atom. The summed E-state index contributed by atoms with van der Waals surface area (Å²) in [7, 11) is 0.590. The summed E-state index contributed by atoms with van der Waals surface area (Å²) in [5.41, 5.74) is 3.38. The Kier molecular flexibility index (Phi) is 4.60. The monoisotopic (exact) mass is 378 g/mol. The van der Waals surface area contributed by atoms with E-state index < -0.39 is 10.8 Å². The third-order valence-electron chi connectivity index (χ3n) is 4.15. The maximum Gasteiger partial charge on any atom is 0.247 e. The minimum Gasteiger partial charge on any atom is -0.497 e. The lowest BCUT2D eigenvalue weighted by Crippen LogP contribution is -1.96. The molecule has 0 radical (unpaired) electrons. The van der Waals surface area contributed by atoms with Crippen LogP contribution in [0.1, 0.15) is 0 Å². The summed E-state index contributed by atoms with van der Waals surface area (Å²) in [5.74, 6) is 1.25. The Morgan fingerprint density at radius 2 is 1.85 bits per heavy atom. The molecule has 0 saturated heterocycles. The van der Waals surface area contributed by atoms with E-state index in [9.17, 15) is 4.21 Å². The third kappa shape index (κ3) is 3.54. The highest BCUT2D eigenvalue weighted by Crippen LogP contribution is 2.24. The van der Waals surface area contributed by atoms with Crippen LogP contribution >= 0.6 is 0 Å². The van der Waals surface area contributed by atoms with Gasteiger partial charge >= 0.3 is 0 Å². The van der Waals surface area contributed by atoms with E-state index in [1.54, 1.807) is 17.9 Å². The number of hydrogen-bond acceptors (Lipinski definition) is 5. The van der Waals surface area contributed by atoms with Gasteiger partial charge in [-0.05, 0) is 36.4 Å². The van der Waals surface area contributed by atoms with E-state index in [0.29, 0.717) is 5.95 Å². The fraction of sp³-hybridized carbons (Fsp3) is 0.100. The Balaban J connectivity index is 1.74. The van der Waals surface area contributed by atoms with Crippen LogP contribution in [0.2, 0.25) is 0 Å². The van der Waals surface area contributed by atoms with Crippen LogP contribution in [-0.2, 0) is 10.8 Å². The largest absolute Gasteiger partial charge is 0.497 e. The molecule has 4 rings (SSSR count). The molecule has 136 valence electrons. The molecule has 1 atom stereocenters. The van der Waals surface area contributed by atoms with E-state index in [1.807, 2.05) is 66.7 Å². The molecule has 4 aromatic rings. The van der Waals surface area contributed by atoms with Gasteiger partial charge in [0.25, 0.3) is 0 Å². The van der Waals surface area contributed by atoms with E-state index in [1.165, 1.54) is 0 Å². The molecule has 0 saturated carbocycles. The standard InChI is InChI=1S/C20H18N4O2S/c1-26-16-8-4-7-15(13-16)21-20-22-19-11-5-10-18(24(19)23-20)14-6-3-9-17(12-14)27(2)25/h3-13H,1-2H3,(H,21,23). The molecule has 0 aliphatic rings. The van der Waals surface area contributed by atoms with Crippen molar-refractivity contribution in [2.45, 2.75) is 4.90 Å². The number of rotatable bonds is 5. The fourth-order valence-corrected chi connectivity index (χ4v) is 3.40. The topological polar surface area (TPSA) is 68.5 Å². The molecule has 27 heavy (non-hydrogen) atoms.